The van der Waals surface area contributed by atoms with E-state index in [4.69, 9.17) is 0 Å². The van der Waals surface area contributed by atoms with Gasteiger partial charge in [0.1, 0.15) is 5.69 Å². The van der Waals surface area contributed by atoms with Crippen LogP contribution in [-0.2, 0) is 4.79 Å². The molecule has 0 radical (unpaired) electrons. The number of amides is 1. The molecule has 0 aliphatic heterocycles. The van der Waals surface area contributed by atoms with E-state index in [1.54, 1.807) is 4.79 Å². The van der Waals surface area contributed by atoms with Crippen LogP contribution in [0.1, 0.15) is 43.1 Å². The maximum Gasteiger partial charge on any atom is 0.221 e. The third-order valence-corrected chi connectivity index (χ3v) is 5.38. The first-order valence-corrected chi connectivity index (χ1v) is 10.1. The lowest BCUT2D eigenvalue weighted by molar-refractivity contribution is -0.114. The summed E-state index contributed by atoms with van der Waals surface area (Å²) >= 11 is 1.40. The van der Waals surface area contributed by atoms with Crippen LogP contribution >= 0.6 is 11.8 Å². The van der Waals surface area contributed by atoms with Crippen LogP contribution < -0.4 is 10.7 Å². The second-order valence-electron chi connectivity index (χ2n) is 6.88. The molecule has 1 aromatic carbocycles. The Bertz CT molecular complexity index is 1070. The number of carbonyl (C=O) groups excluding carboxylic acids is 1. The summed E-state index contributed by atoms with van der Waals surface area (Å²) in [4.78, 5) is 18.5. The highest BCUT2D eigenvalue weighted by Crippen LogP contribution is 2.30. The Kier molecular flexibility index (Phi) is 5.30. The number of allylic oxidation sites excluding steroid dienone is 1. The molecule has 1 unspecified atom stereocenters. The van der Waals surface area contributed by atoms with Gasteiger partial charge in [-0.15, -0.1) is 10.2 Å². The summed E-state index contributed by atoms with van der Waals surface area (Å²) in [5.74, 6) is 0.888. The molecule has 0 fully saturated rings. The standard InChI is InChI=1S/C20H21N7OS/c1-12-5-4-6-15-11-21-27(18(12)15)26-19-13(2)24-25-20(23-19)29-17-9-7-16(8-10-17)22-14(3)28/h4,6-12H,5H2,1-3H3,(H,22,28)(H,23,25,26). The number of nitrogens with one attached hydrogen (secondary N) is 2. The fraction of sp³-hybridized carbons (Fsp3) is 0.250. The number of benzene rings is 1. The molecule has 1 atom stereocenters. The number of nitrogens with zero attached hydrogens (tertiary/aromatic N) is 5. The molecule has 0 saturated heterocycles. The van der Waals surface area contributed by atoms with Gasteiger partial charge in [-0.1, -0.05) is 19.1 Å². The first-order valence-electron chi connectivity index (χ1n) is 9.28. The number of anilines is 2. The van der Waals surface area contributed by atoms with E-state index in [9.17, 15) is 4.79 Å². The number of hydrogen-bond donors (Lipinski definition) is 2. The summed E-state index contributed by atoms with van der Waals surface area (Å²) in [5.41, 5.74) is 6.96. The zero-order valence-corrected chi connectivity index (χ0v) is 17.2. The minimum atomic E-state index is -0.0993. The average molecular weight is 408 g/mol. The maximum absolute atomic E-state index is 11.1. The molecular formula is C20H21N7OS. The molecule has 29 heavy (non-hydrogen) atoms. The quantitative estimate of drug-likeness (QED) is 0.662. The molecule has 0 saturated carbocycles. The van der Waals surface area contributed by atoms with Gasteiger partial charge in [0, 0.05) is 29.0 Å². The Morgan fingerprint density at radius 2 is 2.03 bits per heavy atom. The highest BCUT2D eigenvalue weighted by Gasteiger charge is 2.19. The zero-order chi connectivity index (χ0) is 20.4. The van der Waals surface area contributed by atoms with Gasteiger partial charge in [0.05, 0.1) is 11.9 Å². The van der Waals surface area contributed by atoms with Crippen molar-refractivity contribution < 1.29 is 4.79 Å². The van der Waals surface area contributed by atoms with Crippen LogP contribution in [-0.4, -0.2) is 31.0 Å². The van der Waals surface area contributed by atoms with E-state index in [1.807, 2.05) is 37.4 Å². The maximum atomic E-state index is 11.1. The van der Waals surface area contributed by atoms with Gasteiger partial charge in [-0.25, -0.2) is 0 Å². The Labute approximate surface area is 172 Å². The van der Waals surface area contributed by atoms with Crippen molar-refractivity contribution in [2.75, 3.05) is 10.7 Å². The number of fused-ring (bicyclic) bond motifs is 1. The molecule has 2 heterocycles. The third-order valence-electron chi connectivity index (χ3n) is 4.52. The number of hydrogen-bond acceptors (Lipinski definition) is 7. The van der Waals surface area contributed by atoms with Crippen molar-refractivity contribution >= 4 is 35.3 Å². The van der Waals surface area contributed by atoms with Gasteiger partial charge in [-0.2, -0.15) is 14.9 Å². The molecule has 3 aromatic rings. The van der Waals surface area contributed by atoms with Gasteiger partial charge >= 0.3 is 0 Å². The summed E-state index contributed by atoms with van der Waals surface area (Å²) in [6, 6.07) is 7.50. The van der Waals surface area contributed by atoms with Crippen molar-refractivity contribution in [1.82, 2.24) is 25.1 Å². The van der Waals surface area contributed by atoms with Crippen molar-refractivity contribution in [1.29, 1.82) is 0 Å². The number of aryl methyl sites for hydroxylation is 1. The summed E-state index contributed by atoms with van der Waals surface area (Å²) in [7, 11) is 0. The first-order chi connectivity index (χ1) is 14.0. The van der Waals surface area contributed by atoms with Crippen LogP contribution in [0.4, 0.5) is 11.5 Å². The SMILES string of the molecule is CC(=O)Nc1ccc(Sc2nnc(C)c(Nn3ncc4c3C(C)CC=C4)n2)cc1. The molecule has 4 rings (SSSR count). The average Bonchev–Trinajstić information content (AvgIpc) is 3.10. The van der Waals surface area contributed by atoms with E-state index in [-0.39, 0.29) is 5.91 Å². The smallest absolute Gasteiger partial charge is 0.221 e. The van der Waals surface area contributed by atoms with Gasteiger partial charge in [-0.05, 0) is 49.4 Å². The van der Waals surface area contributed by atoms with E-state index in [0.29, 0.717) is 22.6 Å². The van der Waals surface area contributed by atoms with Crippen molar-refractivity contribution in [3.8, 4) is 0 Å². The topological polar surface area (TPSA) is 97.6 Å². The van der Waals surface area contributed by atoms with Crippen LogP contribution in [0.2, 0.25) is 0 Å². The lowest BCUT2D eigenvalue weighted by Gasteiger charge is -2.18. The van der Waals surface area contributed by atoms with Crippen LogP contribution in [0.3, 0.4) is 0 Å². The zero-order valence-electron chi connectivity index (χ0n) is 16.4. The van der Waals surface area contributed by atoms with Gasteiger partial charge in [0.15, 0.2) is 5.82 Å². The van der Waals surface area contributed by atoms with Crippen molar-refractivity contribution in [2.24, 2.45) is 0 Å². The minimum absolute atomic E-state index is 0.0993. The van der Waals surface area contributed by atoms with E-state index in [1.165, 1.54) is 18.7 Å². The Morgan fingerprint density at radius 1 is 1.24 bits per heavy atom. The number of carbonyl (C=O) groups is 1. The molecule has 9 heteroatoms. The van der Waals surface area contributed by atoms with Gasteiger partial charge in [-0.3, -0.25) is 10.2 Å². The van der Waals surface area contributed by atoms with Crippen LogP contribution in [0.5, 0.6) is 0 Å². The summed E-state index contributed by atoms with van der Waals surface area (Å²) in [6.07, 6.45) is 7.10. The molecule has 8 nitrogen and oxygen atoms in total. The highest BCUT2D eigenvalue weighted by molar-refractivity contribution is 7.99. The fourth-order valence-corrected chi connectivity index (χ4v) is 3.82. The van der Waals surface area contributed by atoms with Crippen molar-refractivity contribution in [3.05, 3.63) is 53.5 Å². The predicted molar refractivity (Wildman–Crippen MR) is 113 cm³/mol. The van der Waals surface area contributed by atoms with Gasteiger partial charge in [0.2, 0.25) is 11.1 Å². The highest BCUT2D eigenvalue weighted by atomic mass is 32.2. The first kappa shape index (κ1) is 19.1. The second kappa shape index (κ2) is 8.04. The van der Waals surface area contributed by atoms with E-state index in [0.717, 1.165) is 28.3 Å². The molecular weight excluding hydrogens is 386 g/mol. The van der Waals surface area contributed by atoms with E-state index in [2.05, 4.69) is 50.1 Å². The van der Waals surface area contributed by atoms with Crippen molar-refractivity contribution in [3.63, 3.8) is 0 Å². The normalized spacial score (nSPS) is 15.1. The van der Waals surface area contributed by atoms with E-state index >= 15 is 0 Å². The van der Waals surface area contributed by atoms with Gasteiger partial charge in [0.25, 0.3) is 0 Å². The molecule has 2 aromatic heterocycles. The summed E-state index contributed by atoms with van der Waals surface area (Å²) in [5, 5.41) is 16.2. The molecule has 1 aliphatic carbocycles. The van der Waals surface area contributed by atoms with Gasteiger partial charge < -0.3 is 5.32 Å². The molecule has 1 amide bonds. The van der Waals surface area contributed by atoms with Crippen LogP contribution in [0.25, 0.3) is 6.08 Å². The molecule has 0 spiro atoms. The fourth-order valence-electron chi connectivity index (χ4n) is 3.12. The van der Waals surface area contributed by atoms with E-state index < -0.39 is 0 Å². The molecule has 1 aliphatic rings. The minimum Gasteiger partial charge on any atom is -0.326 e. The monoisotopic (exact) mass is 407 g/mol. The lowest BCUT2D eigenvalue weighted by Crippen LogP contribution is -2.19. The summed E-state index contributed by atoms with van der Waals surface area (Å²) in [6.45, 7) is 5.52. The lowest BCUT2D eigenvalue weighted by atomic mass is 9.95. The second-order valence-corrected chi connectivity index (χ2v) is 7.92. The summed E-state index contributed by atoms with van der Waals surface area (Å²) < 4.78 is 0. The number of rotatable bonds is 5. The van der Waals surface area contributed by atoms with Crippen LogP contribution in [0.15, 0.2) is 46.6 Å². The van der Waals surface area contributed by atoms with Crippen LogP contribution in [0, 0.1) is 6.92 Å². The third kappa shape index (κ3) is 4.29. The Morgan fingerprint density at radius 3 is 2.79 bits per heavy atom. The number of aromatic nitrogens is 5. The predicted octanol–water partition coefficient (Wildman–Crippen LogP) is 3.88. The molecule has 2 N–H and O–H groups in total. The molecule has 0 bridgehead atoms. The Balaban J connectivity index is 1.53. The molecule has 148 valence electrons. The Hall–Kier alpha value is -3.20. The largest absolute Gasteiger partial charge is 0.326 e. The van der Waals surface area contributed by atoms with Crippen molar-refractivity contribution in [2.45, 2.75) is 43.2 Å².